The van der Waals surface area contributed by atoms with Crippen molar-refractivity contribution in [3.63, 3.8) is 0 Å². The number of aromatic nitrogens is 1. The van der Waals surface area contributed by atoms with E-state index in [1.807, 2.05) is 6.92 Å². The summed E-state index contributed by atoms with van der Waals surface area (Å²) in [7, 11) is 0. The maximum absolute atomic E-state index is 12.1. The number of rotatable bonds is 3. The van der Waals surface area contributed by atoms with Gasteiger partial charge in [0.1, 0.15) is 5.76 Å². The van der Waals surface area contributed by atoms with Crippen LogP contribution in [0.5, 0.6) is 11.5 Å². The van der Waals surface area contributed by atoms with Gasteiger partial charge in [-0.05, 0) is 25.1 Å². The molecule has 2 aromatic rings. The van der Waals surface area contributed by atoms with Gasteiger partial charge in [-0.3, -0.25) is 4.79 Å². The lowest BCUT2D eigenvalue weighted by Gasteiger charge is -2.04. The minimum atomic E-state index is -0.197. The van der Waals surface area contributed by atoms with Gasteiger partial charge >= 0.3 is 0 Å². The number of carbonyl (C=O) groups excluding carboxylic acids is 1. The molecule has 3 rings (SSSR count). The molecular formula is C14H14N2O4. The van der Waals surface area contributed by atoms with Gasteiger partial charge in [0.15, 0.2) is 17.4 Å². The lowest BCUT2D eigenvalue weighted by Crippen LogP contribution is -2.22. The van der Waals surface area contributed by atoms with Crippen LogP contribution in [0.15, 0.2) is 22.6 Å². The Balaban J connectivity index is 1.69. The summed E-state index contributed by atoms with van der Waals surface area (Å²) in [5.74, 6) is 2.30. The molecule has 0 fully saturated rings. The lowest BCUT2D eigenvalue weighted by atomic mass is 10.2. The first-order valence-corrected chi connectivity index (χ1v) is 6.24. The number of oxazole rings is 1. The van der Waals surface area contributed by atoms with Crippen LogP contribution in [0.4, 0.5) is 0 Å². The summed E-state index contributed by atoms with van der Waals surface area (Å²) in [6.45, 7) is 4.12. The smallest absolute Gasteiger partial charge is 0.251 e. The van der Waals surface area contributed by atoms with Gasteiger partial charge in [-0.2, -0.15) is 0 Å². The van der Waals surface area contributed by atoms with Crippen molar-refractivity contribution in [2.24, 2.45) is 0 Å². The number of ether oxygens (including phenoxy) is 2. The zero-order valence-electron chi connectivity index (χ0n) is 11.2. The fraction of sp³-hybridized carbons (Fsp3) is 0.286. The Morgan fingerprint density at radius 2 is 2.10 bits per heavy atom. The van der Waals surface area contributed by atoms with Gasteiger partial charge in [0.25, 0.3) is 5.91 Å². The Morgan fingerprint density at radius 1 is 1.30 bits per heavy atom. The van der Waals surface area contributed by atoms with Crippen LogP contribution in [0.2, 0.25) is 0 Å². The quantitative estimate of drug-likeness (QED) is 0.926. The molecule has 1 N–H and O–H groups in total. The number of nitrogens with zero attached hydrogens (tertiary/aromatic N) is 1. The Kier molecular flexibility index (Phi) is 3.06. The zero-order chi connectivity index (χ0) is 14.1. The second-order valence-electron chi connectivity index (χ2n) is 4.49. The van der Waals surface area contributed by atoms with Crippen molar-refractivity contribution in [2.75, 3.05) is 6.79 Å². The summed E-state index contributed by atoms with van der Waals surface area (Å²) < 4.78 is 15.9. The van der Waals surface area contributed by atoms with E-state index in [1.165, 1.54) is 0 Å². The van der Waals surface area contributed by atoms with Crippen molar-refractivity contribution in [1.29, 1.82) is 0 Å². The van der Waals surface area contributed by atoms with E-state index in [-0.39, 0.29) is 12.7 Å². The third-order valence-corrected chi connectivity index (χ3v) is 3.04. The summed E-state index contributed by atoms with van der Waals surface area (Å²) >= 11 is 0. The molecule has 1 aromatic carbocycles. The van der Waals surface area contributed by atoms with E-state index in [1.54, 1.807) is 25.1 Å². The fourth-order valence-corrected chi connectivity index (χ4v) is 2.04. The summed E-state index contributed by atoms with van der Waals surface area (Å²) in [6, 6.07) is 5.08. The molecule has 1 aliphatic rings. The van der Waals surface area contributed by atoms with Gasteiger partial charge in [-0.25, -0.2) is 4.98 Å². The number of amides is 1. The van der Waals surface area contributed by atoms with Crippen LogP contribution in [-0.2, 0) is 6.54 Å². The first-order chi connectivity index (χ1) is 9.63. The summed E-state index contributed by atoms with van der Waals surface area (Å²) in [5, 5.41) is 2.79. The van der Waals surface area contributed by atoms with E-state index >= 15 is 0 Å². The number of hydrogen-bond donors (Lipinski definition) is 1. The molecule has 2 heterocycles. The third kappa shape index (κ3) is 2.32. The molecular weight excluding hydrogens is 260 g/mol. The minimum absolute atomic E-state index is 0.191. The molecule has 0 spiro atoms. The maximum Gasteiger partial charge on any atom is 0.251 e. The largest absolute Gasteiger partial charge is 0.454 e. The highest BCUT2D eigenvalue weighted by atomic mass is 16.7. The SMILES string of the molecule is Cc1nc(C)c(CNC(=O)c2ccc3c(c2)OCO3)o1. The second-order valence-corrected chi connectivity index (χ2v) is 4.49. The van der Waals surface area contributed by atoms with Crippen LogP contribution in [0, 0.1) is 13.8 Å². The van der Waals surface area contributed by atoms with Crippen LogP contribution < -0.4 is 14.8 Å². The third-order valence-electron chi connectivity index (χ3n) is 3.04. The average Bonchev–Trinajstić information content (AvgIpc) is 3.01. The average molecular weight is 274 g/mol. The summed E-state index contributed by atoms with van der Waals surface area (Å²) in [6.07, 6.45) is 0. The molecule has 1 aromatic heterocycles. The molecule has 6 nitrogen and oxygen atoms in total. The van der Waals surface area contributed by atoms with E-state index in [4.69, 9.17) is 13.9 Å². The molecule has 0 radical (unpaired) electrons. The van der Waals surface area contributed by atoms with Crippen molar-refractivity contribution in [1.82, 2.24) is 10.3 Å². The van der Waals surface area contributed by atoms with Crippen molar-refractivity contribution in [3.8, 4) is 11.5 Å². The number of fused-ring (bicyclic) bond motifs is 1. The normalized spacial score (nSPS) is 12.5. The minimum Gasteiger partial charge on any atom is -0.454 e. The lowest BCUT2D eigenvalue weighted by molar-refractivity contribution is 0.0947. The molecule has 0 saturated heterocycles. The predicted molar refractivity (Wildman–Crippen MR) is 69.7 cm³/mol. The second kappa shape index (κ2) is 4.88. The summed E-state index contributed by atoms with van der Waals surface area (Å²) in [4.78, 5) is 16.2. The Hall–Kier alpha value is -2.50. The molecule has 20 heavy (non-hydrogen) atoms. The van der Waals surface area contributed by atoms with Crippen molar-refractivity contribution in [3.05, 3.63) is 41.1 Å². The first kappa shape index (κ1) is 12.5. The van der Waals surface area contributed by atoms with Crippen LogP contribution in [0.1, 0.15) is 27.7 Å². The van der Waals surface area contributed by atoms with Gasteiger partial charge in [-0.1, -0.05) is 0 Å². The van der Waals surface area contributed by atoms with Gasteiger partial charge in [0.05, 0.1) is 12.2 Å². The molecule has 1 amide bonds. The van der Waals surface area contributed by atoms with Gasteiger partial charge in [-0.15, -0.1) is 0 Å². The first-order valence-electron chi connectivity index (χ1n) is 6.24. The highest BCUT2D eigenvalue weighted by Crippen LogP contribution is 2.32. The molecule has 6 heteroatoms. The van der Waals surface area contributed by atoms with Gasteiger partial charge in [0, 0.05) is 12.5 Å². The number of benzene rings is 1. The molecule has 0 saturated carbocycles. The zero-order valence-corrected chi connectivity index (χ0v) is 11.2. The summed E-state index contributed by atoms with van der Waals surface area (Å²) in [5.41, 5.74) is 1.30. The van der Waals surface area contributed by atoms with Crippen molar-refractivity contribution < 1.29 is 18.7 Å². The number of nitrogens with one attached hydrogen (secondary N) is 1. The van der Waals surface area contributed by atoms with Gasteiger partial charge < -0.3 is 19.2 Å². The van der Waals surface area contributed by atoms with Gasteiger partial charge in [0.2, 0.25) is 6.79 Å². The van der Waals surface area contributed by atoms with E-state index in [0.29, 0.717) is 35.3 Å². The number of hydrogen-bond acceptors (Lipinski definition) is 5. The molecule has 0 bridgehead atoms. The van der Waals surface area contributed by atoms with Crippen LogP contribution in [0.3, 0.4) is 0 Å². The molecule has 104 valence electrons. The van der Waals surface area contributed by atoms with E-state index in [0.717, 1.165) is 5.69 Å². The Bertz CT molecular complexity index is 663. The van der Waals surface area contributed by atoms with Crippen LogP contribution in [0.25, 0.3) is 0 Å². The van der Waals surface area contributed by atoms with Crippen LogP contribution in [-0.4, -0.2) is 17.7 Å². The molecule has 0 aliphatic carbocycles. The maximum atomic E-state index is 12.1. The topological polar surface area (TPSA) is 73.6 Å². The number of carbonyl (C=O) groups is 1. The Morgan fingerprint density at radius 3 is 2.85 bits per heavy atom. The predicted octanol–water partition coefficient (Wildman–Crippen LogP) is 1.95. The van der Waals surface area contributed by atoms with Crippen molar-refractivity contribution >= 4 is 5.91 Å². The monoisotopic (exact) mass is 274 g/mol. The molecule has 0 unspecified atom stereocenters. The number of aryl methyl sites for hydroxylation is 2. The van der Waals surface area contributed by atoms with E-state index in [9.17, 15) is 4.79 Å². The highest BCUT2D eigenvalue weighted by molar-refractivity contribution is 5.94. The van der Waals surface area contributed by atoms with Crippen molar-refractivity contribution in [2.45, 2.75) is 20.4 Å². The fourth-order valence-electron chi connectivity index (χ4n) is 2.04. The van der Waals surface area contributed by atoms with Crippen LogP contribution >= 0.6 is 0 Å². The highest BCUT2D eigenvalue weighted by Gasteiger charge is 2.16. The van der Waals surface area contributed by atoms with E-state index < -0.39 is 0 Å². The Labute approximate surface area is 115 Å². The molecule has 0 atom stereocenters. The molecule has 1 aliphatic heterocycles. The standard InChI is InChI=1S/C14H14N2O4/c1-8-13(20-9(2)16-8)6-15-14(17)10-3-4-11-12(5-10)19-7-18-11/h3-5H,6-7H2,1-2H3,(H,15,17). The van der Waals surface area contributed by atoms with E-state index in [2.05, 4.69) is 10.3 Å².